The molecule has 1 amide bonds. The molecule has 5 heteroatoms. The second kappa shape index (κ2) is 7.45. The van der Waals surface area contributed by atoms with Crippen LogP contribution in [0.3, 0.4) is 0 Å². The molecule has 0 bridgehead atoms. The summed E-state index contributed by atoms with van der Waals surface area (Å²) in [7, 11) is 0. The molecule has 0 aliphatic heterocycles. The van der Waals surface area contributed by atoms with Gasteiger partial charge in [0.15, 0.2) is 0 Å². The number of benzene rings is 1. The summed E-state index contributed by atoms with van der Waals surface area (Å²) in [5.41, 5.74) is 1.87. The van der Waals surface area contributed by atoms with E-state index in [9.17, 15) is 9.59 Å². The first-order valence-corrected chi connectivity index (χ1v) is 5.84. The molecule has 0 aliphatic rings. The summed E-state index contributed by atoms with van der Waals surface area (Å²) >= 11 is 0. The minimum Gasteiger partial charge on any atom is -0.465 e. The van der Waals surface area contributed by atoms with Crippen molar-refractivity contribution < 1.29 is 14.3 Å². The van der Waals surface area contributed by atoms with Crippen molar-refractivity contribution in [2.24, 2.45) is 0 Å². The van der Waals surface area contributed by atoms with Crippen molar-refractivity contribution in [2.45, 2.75) is 13.8 Å². The lowest BCUT2D eigenvalue weighted by atomic mass is 10.2. The fourth-order valence-electron chi connectivity index (χ4n) is 1.33. The molecule has 0 saturated carbocycles. The number of hydrogen-bond donors (Lipinski definition) is 2. The third-order valence-electron chi connectivity index (χ3n) is 2.20. The minimum atomic E-state index is -0.361. The van der Waals surface area contributed by atoms with Gasteiger partial charge in [0, 0.05) is 5.69 Å². The maximum atomic E-state index is 11.5. The Hall–Kier alpha value is -1.88. The number of esters is 1. The van der Waals surface area contributed by atoms with E-state index in [2.05, 4.69) is 10.6 Å². The van der Waals surface area contributed by atoms with Crippen LogP contribution in [0.25, 0.3) is 0 Å². The molecule has 5 nitrogen and oxygen atoms in total. The van der Waals surface area contributed by atoms with Crippen LogP contribution >= 0.6 is 0 Å². The van der Waals surface area contributed by atoms with Crippen molar-refractivity contribution in [3.05, 3.63) is 29.8 Å². The first-order valence-electron chi connectivity index (χ1n) is 5.84. The summed E-state index contributed by atoms with van der Waals surface area (Å²) < 4.78 is 4.72. The summed E-state index contributed by atoms with van der Waals surface area (Å²) in [6, 6.07) is 7.50. The van der Waals surface area contributed by atoms with Crippen LogP contribution < -0.4 is 10.6 Å². The number of rotatable bonds is 6. The highest BCUT2D eigenvalue weighted by Gasteiger charge is 2.04. The molecule has 0 aliphatic carbocycles. The Balaban J connectivity index is 2.25. The van der Waals surface area contributed by atoms with Crippen LogP contribution in [0.15, 0.2) is 24.3 Å². The average molecular weight is 250 g/mol. The predicted molar refractivity (Wildman–Crippen MR) is 69.3 cm³/mol. The fraction of sp³-hybridized carbons (Fsp3) is 0.385. The van der Waals surface area contributed by atoms with Crippen LogP contribution in [0.1, 0.15) is 12.5 Å². The smallest absolute Gasteiger partial charge is 0.319 e. The molecule has 0 spiro atoms. The van der Waals surface area contributed by atoms with E-state index in [1.165, 1.54) is 0 Å². The van der Waals surface area contributed by atoms with Crippen molar-refractivity contribution in [1.29, 1.82) is 0 Å². The Morgan fingerprint density at radius 3 is 2.44 bits per heavy atom. The molecular formula is C13H18N2O3. The standard InChI is InChI=1S/C13H18N2O3/c1-3-18-13(17)9-14-8-12(16)15-11-6-4-10(2)5-7-11/h4-7,14H,3,8-9H2,1-2H3,(H,15,16). The Morgan fingerprint density at radius 2 is 1.83 bits per heavy atom. The van der Waals surface area contributed by atoms with Crippen LogP contribution in [0.4, 0.5) is 5.69 Å². The highest BCUT2D eigenvalue weighted by atomic mass is 16.5. The topological polar surface area (TPSA) is 67.4 Å². The maximum absolute atomic E-state index is 11.5. The maximum Gasteiger partial charge on any atom is 0.319 e. The second-order valence-corrected chi connectivity index (χ2v) is 3.82. The lowest BCUT2D eigenvalue weighted by molar-refractivity contribution is -0.141. The van der Waals surface area contributed by atoms with Crippen LogP contribution in [0.5, 0.6) is 0 Å². The lowest BCUT2D eigenvalue weighted by Crippen LogP contribution is -2.32. The van der Waals surface area contributed by atoms with Gasteiger partial charge in [-0.05, 0) is 26.0 Å². The van der Waals surface area contributed by atoms with Gasteiger partial charge in [-0.15, -0.1) is 0 Å². The normalized spacial score (nSPS) is 9.89. The van der Waals surface area contributed by atoms with Gasteiger partial charge in [0.2, 0.25) is 5.91 Å². The van der Waals surface area contributed by atoms with Gasteiger partial charge in [-0.25, -0.2) is 0 Å². The number of hydrogen-bond acceptors (Lipinski definition) is 4. The van der Waals surface area contributed by atoms with Crippen molar-refractivity contribution in [3.8, 4) is 0 Å². The zero-order valence-corrected chi connectivity index (χ0v) is 10.7. The van der Waals surface area contributed by atoms with E-state index in [1.807, 2.05) is 31.2 Å². The third kappa shape index (κ3) is 5.45. The number of aryl methyl sites for hydroxylation is 1. The molecule has 0 saturated heterocycles. The van der Waals surface area contributed by atoms with E-state index in [4.69, 9.17) is 4.74 Å². The Labute approximate surface area is 107 Å². The molecule has 0 unspecified atom stereocenters. The number of carbonyl (C=O) groups is 2. The van der Waals surface area contributed by atoms with Crippen molar-refractivity contribution in [1.82, 2.24) is 5.32 Å². The van der Waals surface area contributed by atoms with Crippen molar-refractivity contribution in [3.63, 3.8) is 0 Å². The monoisotopic (exact) mass is 250 g/mol. The summed E-state index contributed by atoms with van der Waals surface area (Å²) in [6.45, 7) is 4.17. The molecule has 1 rings (SSSR count). The molecule has 1 aromatic rings. The molecule has 2 N–H and O–H groups in total. The molecule has 1 aromatic carbocycles. The predicted octanol–water partition coefficient (Wildman–Crippen LogP) is 1.09. The number of carbonyl (C=O) groups excluding carboxylic acids is 2. The number of amides is 1. The molecule has 0 heterocycles. The molecule has 0 fully saturated rings. The minimum absolute atomic E-state index is 0.0369. The number of anilines is 1. The summed E-state index contributed by atoms with van der Waals surface area (Å²) in [4.78, 5) is 22.5. The zero-order chi connectivity index (χ0) is 13.4. The van der Waals surface area contributed by atoms with Crippen molar-refractivity contribution >= 4 is 17.6 Å². The molecule has 0 aromatic heterocycles. The first-order chi connectivity index (χ1) is 8.61. The lowest BCUT2D eigenvalue weighted by Gasteiger charge is -2.06. The van der Waals surface area contributed by atoms with Crippen molar-refractivity contribution in [2.75, 3.05) is 25.0 Å². The average Bonchev–Trinajstić information content (AvgIpc) is 2.32. The van der Waals surface area contributed by atoms with Crippen LogP contribution in [-0.2, 0) is 14.3 Å². The highest BCUT2D eigenvalue weighted by Crippen LogP contribution is 2.07. The Kier molecular flexibility index (Phi) is 5.87. The van der Waals surface area contributed by atoms with E-state index in [-0.39, 0.29) is 25.0 Å². The molecule has 0 radical (unpaired) electrons. The highest BCUT2D eigenvalue weighted by molar-refractivity contribution is 5.92. The third-order valence-corrected chi connectivity index (χ3v) is 2.20. The number of nitrogens with one attached hydrogen (secondary N) is 2. The quantitative estimate of drug-likeness (QED) is 0.742. The van der Waals surface area contributed by atoms with Gasteiger partial charge >= 0.3 is 5.97 Å². The summed E-state index contributed by atoms with van der Waals surface area (Å²) in [5.74, 6) is -0.552. The molecule has 0 atom stereocenters. The van der Waals surface area contributed by atoms with E-state index >= 15 is 0 Å². The molecule has 18 heavy (non-hydrogen) atoms. The Bertz CT molecular complexity index is 401. The SMILES string of the molecule is CCOC(=O)CNCC(=O)Nc1ccc(C)cc1. The van der Waals surface area contributed by atoms with Crippen LogP contribution in [0.2, 0.25) is 0 Å². The zero-order valence-electron chi connectivity index (χ0n) is 10.7. The largest absolute Gasteiger partial charge is 0.465 e. The van der Waals surface area contributed by atoms with Gasteiger partial charge in [-0.2, -0.15) is 0 Å². The van der Waals surface area contributed by atoms with Gasteiger partial charge in [-0.3, -0.25) is 14.9 Å². The fourth-order valence-corrected chi connectivity index (χ4v) is 1.33. The first kappa shape index (κ1) is 14.2. The van der Waals surface area contributed by atoms with Gasteiger partial charge in [-0.1, -0.05) is 17.7 Å². The van der Waals surface area contributed by atoms with Gasteiger partial charge in [0.25, 0.3) is 0 Å². The van der Waals surface area contributed by atoms with E-state index < -0.39 is 0 Å². The summed E-state index contributed by atoms with van der Waals surface area (Å²) in [5, 5.41) is 5.44. The van der Waals surface area contributed by atoms with E-state index in [0.717, 1.165) is 11.3 Å². The van der Waals surface area contributed by atoms with E-state index in [1.54, 1.807) is 6.92 Å². The molecular weight excluding hydrogens is 232 g/mol. The van der Waals surface area contributed by atoms with Gasteiger partial charge in [0.05, 0.1) is 19.7 Å². The summed E-state index contributed by atoms with van der Waals surface area (Å²) in [6.07, 6.45) is 0. The van der Waals surface area contributed by atoms with Gasteiger partial charge < -0.3 is 10.1 Å². The second-order valence-electron chi connectivity index (χ2n) is 3.82. The number of ether oxygens (including phenoxy) is 1. The van der Waals surface area contributed by atoms with Crippen LogP contribution in [0, 0.1) is 6.92 Å². The van der Waals surface area contributed by atoms with Crippen LogP contribution in [-0.4, -0.2) is 31.6 Å². The Morgan fingerprint density at radius 1 is 1.17 bits per heavy atom. The van der Waals surface area contributed by atoms with E-state index in [0.29, 0.717) is 6.61 Å². The molecule has 98 valence electrons. The van der Waals surface area contributed by atoms with Gasteiger partial charge in [0.1, 0.15) is 0 Å².